The lowest BCUT2D eigenvalue weighted by Crippen LogP contribution is -2.33. The second-order valence-corrected chi connectivity index (χ2v) is 10.1. The van der Waals surface area contributed by atoms with E-state index in [0.29, 0.717) is 28.1 Å². The highest BCUT2D eigenvalue weighted by Gasteiger charge is 2.24. The molecule has 6 aromatic rings. The molecule has 4 heterocycles. The van der Waals surface area contributed by atoms with Gasteiger partial charge in [-0.3, -0.25) is 18.8 Å². The Bertz CT molecular complexity index is 2070. The topological polar surface area (TPSA) is 138 Å². The first-order valence-electron chi connectivity index (χ1n) is 13.4. The lowest BCUT2D eigenvalue weighted by molar-refractivity contribution is 0.0940. The number of carbonyl (C=O) groups excluding carboxylic acids is 1. The highest BCUT2D eigenvalue weighted by atomic mass is 16.2. The van der Waals surface area contributed by atoms with Crippen LogP contribution in [0.2, 0.25) is 0 Å². The number of anilines is 1. The first kappa shape index (κ1) is 26.6. The molecular weight excluding hydrogens is 530 g/mol. The lowest BCUT2D eigenvalue weighted by Gasteiger charge is -2.20. The summed E-state index contributed by atoms with van der Waals surface area (Å²) in [6, 6.07) is 15.8. The molecule has 0 fully saturated rings. The van der Waals surface area contributed by atoms with Crippen molar-refractivity contribution in [3.63, 3.8) is 0 Å². The number of nitrogens with two attached hydrogens (primary N) is 1. The number of rotatable bonds is 6. The van der Waals surface area contributed by atoms with Crippen molar-refractivity contribution in [3.8, 4) is 5.69 Å². The molecule has 0 saturated heterocycles. The highest BCUT2D eigenvalue weighted by molar-refractivity contribution is 6.04. The van der Waals surface area contributed by atoms with Gasteiger partial charge in [0.05, 0.1) is 28.3 Å². The highest BCUT2D eigenvalue weighted by Crippen LogP contribution is 2.24. The normalized spacial score (nSPS) is 12.4. The van der Waals surface area contributed by atoms with Crippen LogP contribution in [0.15, 0.2) is 71.8 Å². The average Bonchev–Trinajstić information content (AvgIpc) is 3.44. The first-order chi connectivity index (χ1) is 20.2. The van der Waals surface area contributed by atoms with Crippen molar-refractivity contribution in [3.05, 3.63) is 111 Å². The summed E-state index contributed by atoms with van der Waals surface area (Å²) in [6.45, 7) is 5.74. The summed E-state index contributed by atoms with van der Waals surface area (Å²) >= 11 is 0. The van der Waals surface area contributed by atoms with Crippen molar-refractivity contribution in [1.29, 1.82) is 0 Å². The van der Waals surface area contributed by atoms with Crippen molar-refractivity contribution in [2.75, 3.05) is 5.73 Å². The maximum atomic E-state index is 14.3. The standard InChI is InChI=1S/C31H29N9O2/c1-18-23(20(3)38(4)36-18)15-14-21-10-8-13-24-25(21)31(42)40(22-11-6-5-7-12-22)28(35-24)19(2)34-30(41)26-27(32)37-39-17-9-16-33-29(26)39/h5-17,19H,1-4H3,(H2,32,37)(H,34,41)/b15-14+/t19-/m1/s1. The van der Waals surface area contributed by atoms with Crippen molar-refractivity contribution in [2.24, 2.45) is 7.05 Å². The number of nitrogens with one attached hydrogen (secondary N) is 1. The van der Waals surface area contributed by atoms with Crippen LogP contribution in [0.3, 0.4) is 0 Å². The molecule has 3 N–H and O–H groups in total. The first-order valence-corrected chi connectivity index (χ1v) is 13.4. The van der Waals surface area contributed by atoms with Crippen LogP contribution in [0, 0.1) is 13.8 Å². The summed E-state index contributed by atoms with van der Waals surface area (Å²) in [5.41, 5.74) is 11.1. The molecule has 0 aliphatic heterocycles. The Morgan fingerprint density at radius 2 is 1.81 bits per heavy atom. The Morgan fingerprint density at radius 3 is 2.55 bits per heavy atom. The van der Waals surface area contributed by atoms with Gasteiger partial charge >= 0.3 is 0 Å². The number of para-hydroxylation sites is 1. The number of nitrogen functional groups attached to an aromatic ring is 1. The Kier molecular flexibility index (Phi) is 6.62. The molecule has 0 saturated carbocycles. The molecular formula is C31H29N9O2. The monoisotopic (exact) mass is 559 g/mol. The molecule has 2 aromatic carbocycles. The minimum atomic E-state index is -0.673. The van der Waals surface area contributed by atoms with Crippen LogP contribution in [0.4, 0.5) is 5.82 Å². The van der Waals surface area contributed by atoms with Crippen molar-refractivity contribution in [2.45, 2.75) is 26.8 Å². The van der Waals surface area contributed by atoms with Crippen LogP contribution in [0.1, 0.15) is 51.7 Å². The van der Waals surface area contributed by atoms with Gasteiger partial charge in [0.15, 0.2) is 11.5 Å². The molecule has 1 atom stereocenters. The van der Waals surface area contributed by atoms with Gasteiger partial charge in [0.1, 0.15) is 11.4 Å². The van der Waals surface area contributed by atoms with Gasteiger partial charge in [-0.2, -0.15) is 5.10 Å². The van der Waals surface area contributed by atoms with Gasteiger partial charge in [-0.05, 0) is 50.6 Å². The van der Waals surface area contributed by atoms with Crippen molar-refractivity contribution < 1.29 is 4.79 Å². The largest absolute Gasteiger partial charge is 0.381 e. The summed E-state index contributed by atoms with van der Waals surface area (Å²) in [5, 5.41) is 12.1. The molecule has 0 unspecified atom stereocenters. The molecule has 11 nitrogen and oxygen atoms in total. The van der Waals surface area contributed by atoms with E-state index in [4.69, 9.17) is 10.7 Å². The minimum Gasteiger partial charge on any atom is -0.381 e. The van der Waals surface area contributed by atoms with E-state index in [1.165, 1.54) is 4.52 Å². The zero-order valence-electron chi connectivity index (χ0n) is 23.6. The predicted molar refractivity (Wildman–Crippen MR) is 162 cm³/mol. The Hall–Kier alpha value is -5.58. The maximum absolute atomic E-state index is 14.3. The fourth-order valence-electron chi connectivity index (χ4n) is 5.19. The molecule has 6 rings (SSSR count). The van der Waals surface area contributed by atoms with Crippen LogP contribution < -0.4 is 16.6 Å². The third kappa shape index (κ3) is 4.50. The van der Waals surface area contributed by atoms with Crippen molar-refractivity contribution >= 4 is 40.4 Å². The summed E-state index contributed by atoms with van der Waals surface area (Å²) in [5.74, 6) is -0.0440. The summed E-state index contributed by atoms with van der Waals surface area (Å²) in [4.78, 5) is 36.9. The molecule has 1 amide bonds. The zero-order valence-corrected chi connectivity index (χ0v) is 23.6. The van der Waals surface area contributed by atoms with Gasteiger partial charge < -0.3 is 11.1 Å². The van der Waals surface area contributed by atoms with Gasteiger partial charge in [0, 0.05) is 30.7 Å². The number of aryl methyl sites for hydroxylation is 2. The lowest BCUT2D eigenvalue weighted by atomic mass is 10.1. The van der Waals surface area contributed by atoms with Gasteiger partial charge in [0.2, 0.25) is 0 Å². The van der Waals surface area contributed by atoms with Gasteiger partial charge in [0.25, 0.3) is 11.5 Å². The quantitative estimate of drug-likeness (QED) is 0.314. The van der Waals surface area contributed by atoms with Gasteiger partial charge in [-0.25, -0.2) is 14.5 Å². The van der Waals surface area contributed by atoms with E-state index in [0.717, 1.165) is 22.5 Å². The number of hydrogen-bond acceptors (Lipinski definition) is 7. The molecule has 0 spiro atoms. The zero-order chi connectivity index (χ0) is 29.5. The van der Waals surface area contributed by atoms with Gasteiger partial charge in [-0.15, -0.1) is 5.10 Å². The minimum absolute atomic E-state index is 0.0563. The molecule has 0 bridgehead atoms. The Morgan fingerprint density at radius 1 is 1.02 bits per heavy atom. The van der Waals surface area contributed by atoms with E-state index >= 15 is 0 Å². The Balaban J connectivity index is 1.47. The third-order valence-corrected chi connectivity index (χ3v) is 7.35. The number of amides is 1. The fourth-order valence-corrected chi connectivity index (χ4v) is 5.19. The van der Waals surface area contributed by atoms with Crippen LogP contribution in [-0.2, 0) is 7.05 Å². The molecule has 210 valence electrons. The second-order valence-electron chi connectivity index (χ2n) is 10.1. The van der Waals surface area contributed by atoms with Crippen molar-refractivity contribution in [1.82, 2.24) is 39.2 Å². The number of aromatic nitrogens is 7. The molecule has 11 heteroatoms. The average molecular weight is 560 g/mol. The van der Waals surface area contributed by atoms with Crippen LogP contribution in [-0.4, -0.2) is 39.8 Å². The maximum Gasteiger partial charge on any atom is 0.266 e. The van der Waals surface area contributed by atoms with E-state index in [1.807, 2.05) is 80.2 Å². The SMILES string of the molecule is Cc1nn(C)c(C)c1/C=C/c1cccc2nc([C@@H](C)NC(=O)c3c(N)nn4cccnc34)n(-c3ccccc3)c(=O)c12. The van der Waals surface area contributed by atoms with E-state index in [1.54, 1.807) is 36.0 Å². The van der Waals surface area contributed by atoms with Gasteiger partial charge in [-0.1, -0.05) is 42.5 Å². The van der Waals surface area contributed by atoms with E-state index in [-0.39, 0.29) is 16.9 Å². The molecule has 4 aromatic heterocycles. The van der Waals surface area contributed by atoms with E-state index < -0.39 is 11.9 Å². The number of nitrogens with zero attached hydrogens (tertiary/aromatic N) is 7. The van der Waals surface area contributed by atoms with Crippen LogP contribution >= 0.6 is 0 Å². The van der Waals surface area contributed by atoms with Crippen LogP contribution in [0.5, 0.6) is 0 Å². The number of benzene rings is 2. The summed E-state index contributed by atoms with van der Waals surface area (Å²) < 4.78 is 4.83. The van der Waals surface area contributed by atoms with E-state index in [9.17, 15) is 9.59 Å². The summed E-state index contributed by atoms with van der Waals surface area (Å²) in [6.07, 6.45) is 7.13. The van der Waals surface area contributed by atoms with E-state index in [2.05, 4.69) is 20.5 Å². The smallest absolute Gasteiger partial charge is 0.266 e. The number of hydrogen-bond donors (Lipinski definition) is 2. The predicted octanol–water partition coefficient (Wildman–Crippen LogP) is 4.02. The molecule has 0 radical (unpaired) electrons. The third-order valence-electron chi connectivity index (χ3n) is 7.35. The molecule has 0 aliphatic rings. The molecule has 42 heavy (non-hydrogen) atoms. The number of carbonyl (C=O) groups is 1. The Labute approximate surface area is 241 Å². The molecule has 0 aliphatic carbocycles. The number of fused-ring (bicyclic) bond motifs is 2. The summed E-state index contributed by atoms with van der Waals surface area (Å²) in [7, 11) is 1.90. The second kappa shape index (κ2) is 10.4. The fraction of sp³-hybridized carbons (Fsp3) is 0.161. The van der Waals surface area contributed by atoms with Crippen LogP contribution in [0.25, 0.3) is 34.4 Å².